The highest BCUT2D eigenvalue weighted by molar-refractivity contribution is 5.75. The summed E-state index contributed by atoms with van der Waals surface area (Å²) in [6, 6.07) is 0.619. The first kappa shape index (κ1) is 14.1. The van der Waals surface area contributed by atoms with Gasteiger partial charge in [0, 0.05) is 37.3 Å². The van der Waals surface area contributed by atoms with Crippen LogP contribution in [0.3, 0.4) is 0 Å². The van der Waals surface area contributed by atoms with Crippen LogP contribution < -0.4 is 5.32 Å². The molecule has 1 N–H and O–H groups in total. The Hall–Kier alpha value is -1.32. The number of carbonyl (C=O) groups excluding carboxylic acids is 1. The van der Waals surface area contributed by atoms with Gasteiger partial charge in [-0.05, 0) is 19.8 Å². The highest BCUT2D eigenvalue weighted by atomic mass is 16.1. The molecule has 4 heteroatoms. The zero-order chi connectivity index (χ0) is 13.7. The average Bonchev–Trinajstić information content (AvgIpc) is 2.80. The molecule has 0 unspecified atom stereocenters. The minimum atomic E-state index is 0.118. The summed E-state index contributed by atoms with van der Waals surface area (Å²) in [6.07, 6.45) is 9.91. The first-order valence-corrected chi connectivity index (χ1v) is 7.51. The monoisotopic (exact) mass is 263 g/mol. The van der Waals surface area contributed by atoms with Gasteiger partial charge in [-0.15, -0.1) is 0 Å². The van der Waals surface area contributed by atoms with Crippen LogP contribution in [0.25, 0.3) is 0 Å². The number of nitrogens with zero attached hydrogens (tertiary/aromatic N) is 2. The topological polar surface area (TPSA) is 46.9 Å². The van der Waals surface area contributed by atoms with Gasteiger partial charge in [0.05, 0.1) is 0 Å². The maximum atomic E-state index is 11.3. The van der Waals surface area contributed by atoms with Gasteiger partial charge in [0.15, 0.2) is 0 Å². The zero-order valence-electron chi connectivity index (χ0n) is 12.1. The number of rotatable bonds is 5. The SMILES string of the molecule is CCC(=O)NCCc1ncc(C)n1C1CCCCC1. The second kappa shape index (κ2) is 6.73. The fourth-order valence-electron chi connectivity index (χ4n) is 2.96. The van der Waals surface area contributed by atoms with Crippen LogP contribution in [-0.2, 0) is 11.2 Å². The third kappa shape index (κ3) is 3.58. The van der Waals surface area contributed by atoms with Crippen molar-refractivity contribution >= 4 is 5.91 Å². The predicted octanol–water partition coefficient (Wildman–Crippen LogP) is 2.77. The molecule has 0 saturated heterocycles. The van der Waals surface area contributed by atoms with Crippen LogP contribution in [0.1, 0.15) is 63.0 Å². The van der Waals surface area contributed by atoms with Crippen molar-refractivity contribution in [1.29, 1.82) is 0 Å². The van der Waals surface area contributed by atoms with E-state index in [2.05, 4.69) is 21.8 Å². The van der Waals surface area contributed by atoms with E-state index in [-0.39, 0.29) is 5.91 Å². The molecule has 106 valence electrons. The lowest BCUT2D eigenvalue weighted by Gasteiger charge is -2.26. The molecular weight excluding hydrogens is 238 g/mol. The average molecular weight is 263 g/mol. The number of nitrogens with one attached hydrogen (secondary N) is 1. The fourth-order valence-corrected chi connectivity index (χ4v) is 2.96. The molecule has 1 saturated carbocycles. The summed E-state index contributed by atoms with van der Waals surface area (Å²) < 4.78 is 2.40. The Morgan fingerprint density at radius 3 is 2.84 bits per heavy atom. The van der Waals surface area contributed by atoms with Crippen LogP contribution in [0, 0.1) is 6.92 Å². The smallest absolute Gasteiger partial charge is 0.219 e. The molecule has 2 rings (SSSR count). The van der Waals surface area contributed by atoms with Gasteiger partial charge in [0.1, 0.15) is 5.82 Å². The largest absolute Gasteiger partial charge is 0.356 e. The summed E-state index contributed by atoms with van der Waals surface area (Å²) in [5.74, 6) is 1.24. The van der Waals surface area contributed by atoms with Crippen LogP contribution in [0.15, 0.2) is 6.20 Å². The number of aromatic nitrogens is 2. The third-order valence-corrected chi connectivity index (χ3v) is 3.99. The molecule has 0 aromatic carbocycles. The van der Waals surface area contributed by atoms with Gasteiger partial charge in [-0.1, -0.05) is 26.2 Å². The van der Waals surface area contributed by atoms with E-state index in [0.29, 0.717) is 19.0 Å². The lowest BCUT2D eigenvalue weighted by atomic mass is 9.95. The van der Waals surface area contributed by atoms with Crippen LogP contribution >= 0.6 is 0 Å². The summed E-state index contributed by atoms with van der Waals surface area (Å²) in [4.78, 5) is 15.8. The Kier molecular flexibility index (Phi) is 5.00. The number of aryl methyl sites for hydroxylation is 1. The van der Waals surface area contributed by atoms with Crippen molar-refractivity contribution in [3.05, 3.63) is 17.7 Å². The Bertz CT molecular complexity index is 419. The van der Waals surface area contributed by atoms with Crippen LogP contribution in [0.2, 0.25) is 0 Å². The van der Waals surface area contributed by atoms with E-state index in [4.69, 9.17) is 0 Å². The maximum absolute atomic E-state index is 11.3. The molecule has 1 aromatic rings. The molecule has 0 bridgehead atoms. The van der Waals surface area contributed by atoms with Crippen molar-refractivity contribution in [3.63, 3.8) is 0 Å². The van der Waals surface area contributed by atoms with E-state index in [9.17, 15) is 4.79 Å². The number of amides is 1. The van der Waals surface area contributed by atoms with Crippen LogP contribution in [0.4, 0.5) is 0 Å². The maximum Gasteiger partial charge on any atom is 0.219 e. The van der Waals surface area contributed by atoms with Crippen molar-refractivity contribution in [3.8, 4) is 0 Å². The van der Waals surface area contributed by atoms with Gasteiger partial charge in [-0.2, -0.15) is 0 Å². The highest BCUT2D eigenvalue weighted by Gasteiger charge is 2.19. The minimum absolute atomic E-state index is 0.118. The first-order valence-electron chi connectivity index (χ1n) is 7.51. The van der Waals surface area contributed by atoms with E-state index < -0.39 is 0 Å². The lowest BCUT2D eigenvalue weighted by Crippen LogP contribution is -2.26. The van der Waals surface area contributed by atoms with Crippen LogP contribution in [0.5, 0.6) is 0 Å². The molecule has 1 aliphatic carbocycles. The lowest BCUT2D eigenvalue weighted by molar-refractivity contribution is -0.120. The summed E-state index contributed by atoms with van der Waals surface area (Å²) in [6.45, 7) is 4.70. The molecule has 1 amide bonds. The third-order valence-electron chi connectivity index (χ3n) is 3.99. The fraction of sp³-hybridized carbons (Fsp3) is 0.733. The quantitative estimate of drug-likeness (QED) is 0.888. The highest BCUT2D eigenvalue weighted by Crippen LogP contribution is 2.30. The van der Waals surface area contributed by atoms with Gasteiger partial charge >= 0.3 is 0 Å². The Morgan fingerprint density at radius 1 is 1.42 bits per heavy atom. The van der Waals surface area contributed by atoms with Gasteiger partial charge in [-0.3, -0.25) is 4.79 Å². The molecule has 0 aliphatic heterocycles. The van der Waals surface area contributed by atoms with Crippen molar-refractivity contribution in [2.24, 2.45) is 0 Å². The number of hydrogen-bond donors (Lipinski definition) is 1. The summed E-state index contributed by atoms with van der Waals surface area (Å²) in [7, 11) is 0. The van der Waals surface area contributed by atoms with Gasteiger partial charge < -0.3 is 9.88 Å². The number of carbonyl (C=O) groups is 1. The second-order valence-electron chi connectivity index (χ2n) is 5.43. The Balaban J connectivity index is 1.98. The number of hydrogen-bond acceptors (Lipinski definition) is 2. The molecule has 1 fully saturated rings. The van der Waals surface area contributed by atoms with E-state index in [1.54, 1.807) is 0 Å². The van der Waals surface area contributed by atoms with E-state index in [1.165, 1.54) is 37.8 Å². The molecule has 0 spiro atoms. The van der Waals surface area contributed by atoms with E-state index in [1.807, 2.05) is 13.1 Å². The van der Waals surface area contributed by atoms with Gasteiger partial charge in [0.2, 0.25) is 5.91 Å². The molecule has 1 heterocycles. The Labute approximate surface area is 115 Å². The molecule has 0 radical (unpaired) electrons. The van der Waals surface area contributed by atoms with Crippen molar-refractivity contribution in [2.75, 3.05) is 6.54 Å². The second-order valence-corrected chi connectivity index (χ2v) is 5.43. The van der Waals surface area contributed by atoms with Crippen molar-refractivity contribution < 1.29 is 4.79 Å². The standard InChI is InChI=1S/C15H25N3O/c1-3-15(19)16-10-9-14-17-11-12(2)18(14)13-7-5-4-6-8-13/h11,13H,3-10H2,1-2H3,(H,16,19). The summed E-state index contributed by atoms with van der Waals surface area (Å²) >= 11 is 0. The van der Waals surface area contributed by atoms with E-state index >= 15 is 0 Å². The predicted molar refractivity (Wildman–Crippen MR) is 76.1 cm³/mol. The van der Waals surface area contributed by atoms with E-state index in [0.717, 1.165) is 12.2 Å². The molecule has 0 atom stereocenters. The normalized spacial score (nSPS) is 16.5. The molecular formula is C15H25N3O. The Morgan fingerprint density at radius 2 is 2.16 bits per heavy atom. The van der Waals surface area contributed by atoms with Crippen LogP contribution in [-0.4, -0.2) is 22.0 Å². The van der Waals surface area contributed by atoms with Gasteiger partial charge in [0.25, 0.3) is 0 Å². The first-order chi connectivity index (χ1) is 9.22. The summed E-state index contributed by atoms with van der Waals surface area (Å²) in [5.41, 5.74) is 1.25. The molecule has 1 aliphatic rings. The number of imidazole rings is 1. The molecule has 4 nitrogen and oxygen atoms in total. The molecule has 1 aromatic heterocycles. The zero-order valence-corrected chi connectivity index (χ0v) is 12.1. The minimum Gasteiger partial charge on any atom is -0.356 e. The van der Waals surface area contributed by atoms with Crippen molar-refractivity contribution in [1.82, 2.24) is 14.9 Å². The molecule has 19 heavy (non-hydrogen) atoms. The van der Waals surface area contributed by atoms with Crippen molar-refractivity contribution in [2.45, 2.75) is 64.8 Å². The van der Waals surface area contributed by atoms with Gasteiger partial charge in [-0.25, -0.2) is 4.98 Å². The summed E-state index contributed by atoms with van der Waals surface area (Å²) in [5, 5.41) is 2.93.